The van der Waals surface area contributed by atoms with Gasteiger partial charge in [-0.15, -0.1) is 0 Å². The van der Waals surface area contributed by atoms with E-state index in [-0.39, 0.29) is 0 Å². The van der Waals surface area contributed by atoms with E-state index in [4.69, 9.17) is 9.26 Å². The predicted molar refractivity (Wildman–Crippen MR) is 66.6 cm³/mol. The second-order valence-corrected chi connectivity index (χ2v) is 4.82. The zero-order valence-electron chi connectivity index (χ0n) is 10.6. The molecular formula is C13H17N3O3. The zero-order valence-corrected chi connectivity index (χ0v) is 10.6. The molecule has 5 heterocycles. The van der Waals surface area contributed by atoms with Gasteiger partial charge in [-0.05, 0) is 43.1 Å². The summed E-state index contributed by atoms with van der Waals surface area (Å²) >= 11 is 0. The molecule has 1 unspecified atom stereocenters. The van der Waals surface area contributed by atoms with Gasteiger partial charge in [0.1, 0.15) is 18.6 Å². The molecule has 1 atom stereocenters. The van der Waals surface area contributed by atoms with Crippen LogP contribution >= 0.6 is 0 Å². The summed E-state index contributed by atoms with van der Waals surface area (Å²) < 4.78 is 14.9. The Morgan fingerprint density at radius 1 is 1.21 bits per heavy atom. The molecule has 0 saturated carbocycles. The molecule has 102 valence electrons. The topological polar surface area (TPSA) is 64.5 Å². The fraction of sp³-hybridized carbons (Fsp3) is 0.538. The lowest BCUT2D eigenvalue weighted by molar-refractivity contribution is -0.0113. The highest BCUT2D eigenvalue weighted by atomic mass is 16.5. The highest BCUT2D eigenvalue weighted by Gasteiger charge is 2.35. The summed E-state index contributed by atoms with van der Waals surface area (Å²) in [5, 5.41) is 7.13. The van der Waals surface area contributed by atoms with Gasteiger partial charge in [0.25, 0.3) is 5.88 Å². The van der Waals surface area contributed by atoms with Gasteiger partial charge >= 0.3 is 0 Å². The van der Waals surface area contributed by atoms with E-state index in [0.717, 1.165) is 12.5 Å². The molecule has 5 rings (SSSR count). The maximum absolute atomic E-state index is 5.78. The van der Waals surface area contributed by atoms with Gasteiger partial charge in [0.2, 0.25) is 0 Å². The van der Waals surface area contributed by atoms with Crippen LogP contribution in [0.5, 0.6) is 5.88 Å². The molecule has 0 radical (unpaired) electrons. The van der Waals surface area contributed by atoms with Crippen LogP contribution in [0.2, 0.25) is 0 Å². The van der Waals surface area contributed by atoms with Crippen molar-refractivity contribution >= 4 is 0 Å². The van der Waals surface area contributed by atoms with E-state index >= 15 is 0 Å². The quantitative estimate of drug-likeness (QED) is 0.823. The van der Waals surface area contributed by atoms with Crippen molar-refractivity contribution in [3.05, 3.63) is 30.9 Å². The molecule has 6 heteroatoms. The number of rotatable bonds is 2. The molecule has 2 aromatic rings. The molecule has 3 saturated heterocycles. The molecule has 0 spiro atoms. The Morgan fingerprint density at radius 2 is 2.11 bits per heavy atom. The second kappa shape index (κ2) is 5.88. The molecule has 3 aliphatic heterocycles. The number of hydrogen-bond acceptors (Lipinski definition) is 6. The van der Waals surface area contributed by atoms with Crippen LogP contribution in [0.3, 0.4) is 0 Å². The summed E-state index contributed by atoms with van der Waals surface area (Å²) in [5.41, 5.74) is 0. The van der Waals surface area contributed by atoms with Crippen molar-refractivity contribution in [2.75, 3.05) is 19.6 Å². The van der Waals surface area contributed by atoms with E-state index in [1.807, 2.05) is 0 Å². The van der Waals surface area contributed by atoms with Crippen LogP contribution in [-0.4, -0.2) is 41.0 Å². The van der Waals surface area contributed by atoms with E-state index in [0.29, 0.717) is 12.0 Å². The molecule has 3 fully saturated rings. The number of piperidine rings is 3. The molecule has 0 aromatic carbocycles. The zero-order chi connectivity index (χ0) is 12.9. The van der Waals surface area contributed by atoms with Crippen LogP contribution in [0.15, 0.2) is 39.9 Å². The van der Waals surface area contributed by atoms with Crippen molar-refractivity contribution in [1.82, 2.24) is 15.2 Å². The maximum atomic E-state index is 5.78. The van der Waals surface area contributed by atoms with Gasteiger partial charge in [-0.3, -0.25) is 4.90 Å². The fourth-order valence-corrected chi connectivity index (χ4v) is 2.64. The third kappa shape index (κ3) is 3.14. The first-order chi connectivity index (χ1) is 9.42. The lowest BCUT2D eigenvalue weighted by atomic mass is 9.86. The largest absolute Gasteiger partial charge is 0.471 e. The molecule has 19 heavy (non-hydrogen) atoms. The maximum Gasteiger partial charge on any atom is 0.254 e. The van der Waals surface area contributed by atoms with Crippen LogP contribution in [0, 0.1) is 5.92 Å². The Hall–Kier alpha value is -1.82. The van der Waals surface area contributed by atoms with Crippen molar-refractivity contribution in [3.8, 4) is 5.88 Å². The second-order valence-electron chi connectivity index (χ2n) is 4.82. The number of aromatic nitrogens is 2. The van der Waals surface area contributed by atoms with Crippen molar-refractivity contribution in [2.45, 2.75) is 18.9 Å². The van der Waals surface area contributed by atoms with Gasteiger partial charge in [0.05, 0.1) is 6.20 Å². The Balaban J connectivity index is 0.000000187. The Bertz CT molecular complexity index is 432. The third-order valence-electron chi connectivity index (χ3n) is 3.63. The van der Waals surface area contributed by atoms with E-state index in [2.05, 4.69) is 19.7 Å². The summed E-state index contributed by atoms with van der Waals surface area (Å²) in [4.78, 5) is 2.46. The highest BCUT2D eigenvalue weighted by Crippen LogP contribution is 2.30. The van der Waals surface area contributed by atoms with Crippen LogP contribution in [0.1, 0.15) is 12.8 Å². The van der Waals surface area contributed by atoms with E-state index in [9.17, 15) is 0 Å². The van der Waals surface area contributed by atoms with Gasteiger partial charge < -0.3 is 13.8 Å². The number of fused-ring (bicyclic) bond motifs is 3. The van der Waals surface area contributed by atoms with Crippen LogP contribution in [-0.2, 0) is 0 Å². The van der Waals surface area contributed by atoms with Gasteiger partial charge in [-0.25, -0.2) is 0 Å². The summed E-state index contributed by atoms with van der Waals surface area (Å²) in [5.74, 6) is 1.35. The SMILES string of the molecule is c1cc(OC2CN3CCC2CC3)no1.c1cnoc1. The Morgan fingerprint density at radius 3 is 2.58 bits per heavy atom. The first-order valence-corrected chi connectivity index (χ1v) is 6.55. The van der Waals surface area contributed by atoms with E-state index in [1.165, 1.54) is 32.2 Å². The Kier molecular flexibility index (Phi) is 3.78. The van der Waals surface area contributed by atoms with Crippen molar-refractivity contribution in [3.63, 3.8) is 0 Å². The molecular weight excluding hydrogens is 246 g/mol. The monoisotopic (exact) mass is 263 g/mol. The molecule has 0 N–H and O–H groups in total. The minimum atomic E-state index is 0.322. The summed E-state index contributed by atoms with van der Waals surface area (Å²) in [7, 11) is 0. The first-order valence-electron chi connectivity index (χ1n) is 6.55. The van der Waals surface area contributed by atoms with Gasteiger partial charge in [0, 0.05) is 12.6 Å². The van der Waals surface area contributed by atoms with Crippen LogP contribution in [0.25, 0.3) is 0 Å². The van der Waals surface area contributed by atoms with Gasteiger partial charge in [-0.2, -0.15) is 0 Å². The number of nitrogens with zero attached hydrogens (tertiary/aromatic N) is 3. The van der Waals surface area contributed by atoms with Gasteiger partial charge in [0.15, 0.2) is 0 Å². The molecule has 0 aliphatic carbocycles. The molecule has 3 aliphatic rings. The molecule has 2 aromatic heterocycles. The Labute approximate surface area is 111 Å². The smallest absolute Gasteiger partial charge is 0.254 e. The van der Waals surface area contributed by atoms with Crippen molar-refractivity contribution in [1.29, 1.82) is 0 Å². The first kappa shape index (κ1) is 12.2. The van der Waals surface area contributed by atoms with Crippen molar-refractivity contribution in [2.24, 2.45) is 5.92 Å². The summed E-state index contributed by atoms with van der Waals surface area (Å²) in [6.45, 7) is 3.53. The third-order valence-corrected chi connectivity index (χ3v) is 3.63. The number of hydrogen-bond donors (Lipinski definition) is 0. The minimum absolute atomic E-state index is 0.322. The van der Waals surface area contributed by atoms with Crippen LogP contribution < -0.4 is 4.74 Å². The normalized spacial score (nSPS) is 28.5. The highest BCUT2D eigenvalue weighted by molar-refractivity contribution is 5.04. The summed E-state index contributed by atoms with van der Waals surface area (Å²) in [6.07, 6.45) is 7.50. The average Bonchev–Trinajstić information content (AvgIpc) is 3.16. The molecule has 6 nitrogen and oxygen atoms in total. The minimum Gasteiger partial charge on any atom is -0.471 e. The van der Waals surface area contributed by atoms with E-state index < -0.39 is 0 Å². The van der Waals surface area contributed by atoms with Crippen molar-refractivity contribution < 1.29 is 13.8 Å². The molecule has 0 amide bonds. The molecule has 2 bridgehead atoms. The number of ether oxygens (including phenoxy) is 1. The van der Waals surface area contributed by atoms with E-state index in [1.54, 1.807) is 24.6 Å². The standard InChI is InChI=1S/C10H14N2O2.C3H3NO/c1-4-12-5-2-8(1)9(7-12)14-10-3-6-13-11-10;1-2-4-5-3-1/h3,6,8-9H,1-2,4-5,7H2;1-3H. The van der Waals surface area contributed by atoms with Gasteiger partial charge in [-0.1, -0.05) is 5.16 Å². The van der Waals surface area contributed by atoms with Crippen LogP contribution in [0.4, 0.5) is 0 Å². The average molecular weight is 263 g/mol. The lowest BCUT2D eigenvalue weighted by Gasteiger charge is -2.43. The predicted octanol–water partition coefficient (Wildman–Crippen LogP) is 1.82. The lowest BCUT2D eigenvalue weighted by Crippen LogP contribution is -2.52. The fourth-order valence-electron chi connectivity index (χ4n) is 2.64. The summed E-state index contributed by atoms with van der Waals surface area (Å²) in [6, 6.07) is 3.50.